The van der Waals surface area contributed by atoms with Crippen molar-refractivity contribution in [1.29, 1.82) is 0 Å². The summed E-state index contributed by atoms with van der Waals surface area (Å²) in [5.74, 6) is 2.59. The number of aromatic nitrogens is 4. The number of hydrogen-bond donors (Lipinski definition) is 1. The molecule has 1 saturated carbocycles. The van der Waals surface area contributed by atoms with E-state index < -0.39 is 10.0 Å². The first-order chi connectivity index (χ1) is 15.9. The number of fused-ring (bicyclic) bond motifs is 3. The lowest BCUT2D eigenvalue weighted by Gasteiger charge is -2.28. The van der Waals surface area contributed by atoms with Crippen LogP contribution in [-0.2, 0) is 22.9 Å². The molecular formula is C23H26ClN5O3S. The number of ether oxygens (including phenoxy) is 1. The molecule has 0 radical (unpaired) electrons. The minimum absolute atomic E-state index is 0.136. The second kappa shape index (κ2) is 9.04. The molecule has 33 heavy (non-hydrogen) atoms. The molecule has 10 heteroatoms. The number of rotatable bonds is 5. The topological polar surface area (TPSA) is 99.0 Å². The smallest absolute Gasteiger partial charge is 0.213 e. The molecule has 1 fully saturated rings. The zero-order chi connectivity index (χ0) is 23.0. The van der Waals surface area contributed by atoms with Gasteiger partial charge >= 0.3 is 0 Å². The van der Waals surface area contributed by atoms with Gasteiger partial charge in [-0.15, -0.1) is 10.2 Å². The molecule has 1 atom stereocenters. The number of sulfonamides is 1. The predicted octanol–water partition coefficient (Wildman–Crippen LogP) is 3.44. The van der Waals surface area contributed by atoms with E-state index in [-0.39, 0.29) is 18.1 Å². The maximum atomic E-state index is 11.9. The van der Waals surface area contributed by atoms with Gasteiger partial charge in [0.1, 0.15) is 17.8 Å². The minimum Gasteiger partial charge on any atom is -0.474 e. The number of nitrogens with zero attached hydrogens (tertiary/aromatic N) is 4. The first kappa shape index (κ1) is 22.3. The summed E-state index contributed by atoms with van der Waals surface area (Å²) in [6.07, 6.45) is 7.75. The van der Waals surface area contributed by atoms with Gasteiger partial charge in [-0.25, -0.2) is 18.1 Å². The molecule has 2 aliphatic rings. The molecule has 1 aliphatic heterocycles. The Hall–Kier alpha value is -2.49. The molecule has 3 heterocycles. The van der Waals surface area contributed by atoms with E-state index in [1.807, 2.05) is 36.4 Å². The van der Waals surface area contributed by atoms with Crippen LogP contribution >= 0.6 is 11.6 Å². The Balaban J connectivity index is 1.40. The molecule has 0 bridgehead atoms. The summed E-state index contributed by atoms with van der Waals surface area (Å²) in [6.45, 7) is 0. The van der Waals surface area contributed by atoms with Crippen LogP contribution in [0.15, 0.2) is 42.6 Å². The SMILES string of the molecule is CS(=O)(=O)N[C@H]1Cc2cc(Cl)ccc2-n2c(nnc2[C@H]2CC[C@H](Oc3ccccn3)CC2)C1. The van der Waals surface area contributed by atoms with Crippen LogP contribution in [-0.4, -0.2) is 46.6 Å². The quantitative estimate of drug-likeness (QED) is 0.592. The average Bonchev–Trinajstić information content (AvgIpc) is 3.11. The zero-order valence-electron chi connectivity index (χ0n) is 18.3. The fourth-order valence-corrected chi connectivity index (χ4v) is 5.86. The van der Waals surface area contributed by atoms with E-state index in [2.05, 4.69) is 24.5 Å². The normalized spacial score (nSPS) is 22.8. The number of nitrogens with one attached hydrogen (secondary N) is 1. The predicted molar refractivity (Wildman–Crippen MR) is 125 cm³/mol. The fourth-order valence-electron chi connectivity index (χ4n) is 4.90. The monoisotopic (exact) mass is 487 g/mol. The Morgan fingerprint density at radius 2 is 1.91 bits per heavy atom. The van der Waals surface area contributed by atoms with Gasteiger partial charge in [0.2, 0.25) is 15.9 Å². The molecule has 0 amide bonds. The van der Waals surface area contributed by atoms with E-state index in [9.17, 15) is 8.42 Å². The first-order valence-electron chi connectivity index (χ1n) is 11.1. The van der Waals surface area contributed by atoms with Crippen molar-refractivity contribution in [2.75, 3.05) is 6.26 Å². The van der Waals surface area contributed by atoms with Gasteiger partial charge in [0.15, 0.2) is 0 Å². The third kappa shape index (κ3) is 5.05. The number of halogens is 1. The van der Waals surface area contributed by atoms with Crippen molar-refractivity contribution in [3.8, 4) is 11.6 Å². The van der Waals surface area contributed by atoms with Crippen molar-refractivity contribution >= 4 is 21.6 Å². The van der Waals surface area contributed by atoms with E-state index in [4.69, 9.17) is 16.3 Å². The summed E-state index contributed by atoms with van der Waals surface area (Å²) in [5.41, 5.74) is 1.95. The summed E-state index contributed by atoms with van der Waals surface area (Å²) < 4.78 is 34.7. The minimum atomic E-state index is -3.36. The number of hydrogen-bond acceptors (Lipinski definition) is 6. The molecule has 0 saturated heterocycles. The van der Waals surface area contributed by atoms with Crippen molar-refractivity contribution < 1.29 is 13.2 Å². The van der Waals surface area contributed by atoms with Crippen molar-refractivity contribution in [2.24, 2.45) is 0 Å². The van der Waals surface area contributed by atoms with Crippen LogP contribution in [0, 0.1) is 0 Å². The highest BCUT2D eigenvalue weighted by Gasteiger charge is 2.32. The van der Waals surface area contributed by atoms with Gasteiger partial charge in [0.05, 0.1) is 11.9 Å². The highest BCUT2D eigenvalue weighted by Crippen LogP contribution is 2.37. The standard InChI is InChI=1S/C23H26ClN5O3S/c1-33(30,31)28-18-13-16-12-17(24)7-10-20(16)29-21(14-18)26-27-23(29)15-5-8-19(9-6-15)32-22-4-2-3-11-25-22/h2-4,7,10-12,15,18-19,28H,5-6,8-9,13-14H2,1H3/t15-,18-,19-/m0/s1. The van der Waals surface area contributed by atoms with E-state index in [0.29, 0.717) is 23.7 Å². The van der Waals surface area contributed by atoms with Crippen LogP contribution in [0.3, 0.4) is 0 Å². The summed E-state index contributed by atoms with van der Waals surface area (Å²) in [4.78, 5) is 4.27. The van der Waals surface area contributed by atoms with Crippen LogP contribution in [0.5, 0.6) is 5.88 Å². The van der Waals surface area contributed by atoms with E-state index in [0.717, 1.165) is 48.6 Å². The second-order valence-corrected chi connectivity index (χ2v) is 11.1. The van der Waals surface area contributed by atoms with E-state index in [1.165, 1.54) is 6.26 Å². The second-order valence-electron chi connectivity index (χ2n) is 8.84. The Labute approximate surface area is 198 Å². The molecule has 0 unspecified atom stereocenters. The molecule has 0 spiro atoms. The van der Waals surface area contributed by atoms with Gasteiger partial charge in [0, 0.05) is 35.7 Å². The van der Waals surface area contributed by atoms with Crippen LogP contribution in [0.4, 0.5) is 0 Å². The highest BCUT2D eigenvalue weighted by molar-refractivity contribution is 7.88. The summed E-state index contributed by atoms with van der Waals surface area (Å²) in [5, 5.41) is 9.68. The Kier molecular flexibility index (Phi) is 6.11. The largest absolute Gasteiger partial charge is 0.474 e. The lowest BCUT2D eigenvalue weighted by atomic mass is 9.86. The number of pyridine rings is 1. The molecule has 1 aromatic carbocycles. The lowest BCUT2D eigenvalue weighted by molar-refractivity contribution is 0.139. The van der Waals surface area contributed by atoms with E-state index in [1.54, 1.807) is 6.20 Å². The molecule has 2 aromatic heterocycles. The molecule has 1 aliphatic carbocycles. The van der Waals surface area contributed by atoms with Crippen LogP contribution in [0.2, 0.25) is 5.02 Å². The van der Waals surface area contributed by atoms with Gasteiger partial charge in [-0.3, -0.25) is 4.57 Å². The average molecular weight is 488 g/mol. The van der Waals surface area contributed by atoms with E-state index >= 15 is 0 Å². The Bertz CT molecular complexity index is 1240. The van der Waals surface area contributed by atoms with Gasteiger partial charge in [-0.05, 0) is 61.9 Å². The Morgan fingerprint density at radius 1 is 1.09 bits per heavy atom. The van der Waals surface area contributed by atoms with Gasteiger partial charge in [0.25, 0.3) is 0 Å². The zero-order valence-corrected chi connectivity index (χ0v) is 19.9. The van der Waals surface area contributed by atoms with Crippen molar-refractivity contribution in [3.63, 3.8) is 0 Å². The molecule has 3 aromatic rings. The van der Waals surface area contributed by atoms with Crippen molar-refractivity contribution in [2.45, 2.75) is 56.6 Å². The molecule has 8 nitrogen and oxygen atoms in total. The maximum absolute atomic E-state index is 11.9. The molecule has 5 rings (SSSR count). The molecule has 1 N–H and O–H groups in total. The highest BCUT2D eigenvalue weighted by atomic mass is 35.5. The molecule has 174 valence electrons. The van der Waals surface area contributed by atoms with Gasteiger partial charge in [-0.2, -0.15) is 0 Å². The molecular weight excluding hydrogens is 462 g/mol. The summed E-state index contributed by atoms with van der Waals surface area (Å²) in [7, 11) is -3.36. The first-order valence-corrected chi connectivity index (χ1v) is 13.4. The van der Waals surface area contributed by atoms with Crippen molar-refractivity contribution in [1.82, 2.24) is 24.5 Å². The maximum Gasteiger partial charge on any atom is 0.213 e. The van der Waals surface area contributed by atoms with Crippen LogP contribution in [0.1, 0.15) is 48.8 Å². The summed E-state index contributed by atoms with van der Waals surface area (Å²) >= 11 is 6.28. The van der Waals surface area contributed by atoms with Gasteiger partial charge in [-0.1, -0.05) is 17.7 Å². The fraction of sp³-hybridized carbons (Fsp3) is 0.435. The third-order valence-electron chi connectivity index (χ3n) is 6.28. The van der Waals surface area contributed by atoms with Gasteiger partial charge < -0.3 is 4.74 Å². The lowest BCUT2D eigenvalue weighted by Crippen LogP contribution is -2.37. The van der Waals surface area contributed by atoms with Crippen LogP contribution in [0.25, 0.3) is 5.69 Å². The Morgan fingerprint density at radius 3 is 2.64 bits per heavy atom. The third-order valence-corrected chi connectivity index (χ3v) is 7.27. The van der Waals surface area contributed by atoms with Crippen LogP contribution < -0.4 is 9.46 Å². The number of benzene rings is 1. The van der Waals surface area contributed by atoms with Crippen molar-refractivity contribution in [3.05, 3.63) is 64.8 Å². The summed E-state index contributed by atoms with van der Waals surface area (Å²) in [6, 6.07) is 11.1.